The molecule has 1 aromatic rings. The molecule has 9 rings (SSSR count). The van der Waals surface area contributed by atoms with Crippen LogP contribution in [0.1, 0.15) is 98.2 Å². The first kappa shape index (κ1) is 19.6. The first-order valence-corrected chi connectivity index (χ1v) is 13.0. The largest absolute Gasteiger partial charge is 0.345 e. The molecule has 0 aromatic carbocycles. The molecule has 8 aliphatic rings. The van der Waals surface area contributed by atoms with Crippen LogP contribution in [0.4, 0.5) is 0 Å². The number of nitrogens with one attached hydrogen (secondary N) is 2. The Morgan fingerprint density at radius 2 is 1.12 bits per heavy atom. The van der Waals surface area contributed by atoms with E-state index in [1.807, 2.05) is 7.05 Å². The molecule has 32 heavy (non-hydrogen) atoms. The third-order valence-electron chi connectivity index (χ3n) is 10.3. The van der Waals surface area contributed by atoms with Crippen molar-refractivity contribution in [2.75, 3.05) is 0 Å². The number of rotatable bonds is 4. The van der Waals surface area contributed by atoms with Crippen molar-refractivity contribution in [3.05, 3.63) is 17.7 Å². The molecular weight excluding hydrogens is 400 g/mol. The van der Waals surface area contributed by atoms with Crippen LogP contribution in [0.5, 0.6) is 0 Å². The van der Waals surface area contributed by atoms with Gasteiger partial charge in [-0.25, -0.2) is 4.98 Å². The summed E-state index contributed by atoms with van der Waals surface area (Å²) in [6.45, 7) is 0. The highest BCUT2D eigenvalue weighted by atomic mass is 16.2. The highest BCUT2D eigenvalue weighted by Crippen LogP contribution is 2.56. The number of nitrogens with zero attached hydrogens (tertiary/aromatic N) is 2. The molecule has 2 amide bonds. The normalized spacial score (nSPS) is 45.3. The molecule has 0 spiro atoms. The first-order valence-electron chi connectivity index (χ1n) is 13.0. The molecule has 1 aromatic heterocycles. The van der Waals surface area contributed by atoms with Gasteiger partial charge in [-0.05, 0) is 113 Å². The smallest absolute Gasteiger partial charge is 0.287 e. The van der Waals surface area contributed by atoms with Crippen LogP contribution in [-0.4, -0.2) is 32.4 Å². The van der Waals surface area contributed by atoms with Crippen molar-refractivity contribution in [1.82, 2.24) is 20.2 Å². The Morgan fingerprint density at radius 1 is 0.750 bits per heavy atom. The van der Waals surface area contributed by atoms with Crippen LogP contribution in [0.2, 0.25) is 0 Å². The molecule has 2 N–H and O–H groups in total. The zero-order valence-electron chi connectivity index (χ0n) is 19.2. The second kappa shape index (κ2) is 6.60. The summed E-state index contributed by atoms with van der Waals surface area (Å²) < 4.78 is 1.71. The van der Waals surface area contributed by atoms with Gasteiger partial charge in [0.1, 0.15) is 5.69 Å². The predicted octanol–water partition coefficient (Wildman–Crippen LogP) is 3.82. The van der Waals surface area contributed by atoms with Gasteiger partial charge in [0.2, 0.25) is 0 Å². The van der Waals surface area contributed by atoms with Gasteiger partial charge in [0, 0.05) is 18.1 Å². The molecule has 8 bridgehead atoms. The Balaban J connectivity index is 1.08. The van der Waals surface area contributed by atoms with Crippen LogP contribution in [-0.2, 0) is 7.05 Å². The third kappa shape index (κ3) is 3.00. The fourth-order valence-electron chi connectivity index (χ4n) is 9.96. The molecule has 8 fully saturated rings. The van der Waals surface area contributed by atoms with Crippen molar-refractivity contribution in [2.24, 2.45) is 42.6 Å². The van der Waals surface area contributed by atoms with Crippen molar-refractivity contribution in [3.63, 3.8) is 0 Å². The average molecular weight is 437 g/mol. The van der Waals surface area contributed by atoms with E-state index in [2.05, 4.69) is 15.6 Å². The van der Waals surface area contributed by atoms with Crippen molar-refractivity contribution in [2.45, 2.75) is 88.1 Å². The van der Waals surface area contributed by atoms with E-state index in [1.54, 1.807) is 10.8 Å². The summed E-state index contributed by atoms with van der Waals surface area (Å²) in [5, 5.41) is 6.84. The van der Waals surface area contributed by atoms with Crippen LogP contribution in [0.15, 0.2) is 6.20 Å². The Morgan fingerprint density at radius 3 is 1.53 bits per heavy atom. The Hall–Kier alpha value is -1.85. The second-order valence-electron chi connectivity index (χ2n) is 12.8. The first-order chi connectivity index (χ1) is 15.4. The topological polar surface area (TPSA) is 76.0 Å². The standard InChI is InChI=1S/C26H36N4O2/c1-30-21(23(31)28-25-8-15-2-16(9-25)4-17(3-15)10-25)14-27-22(30)24(32)29-26-11-18-5-19(12-26)7-20(6-18)13-26/h14-20H,2-13H2,1H3,(H,28,31)(H,29,32). The number of aromatic nitrogens is 2. The zero-order chi connectivity index (χ0) is 21.7. The van der Waals surface area contributed by atoms with E-state index < -0.39 is 0 Å². The highest BCUT2D eigenvalue weighted by molar-refractivity contribution is 5.97. The summed E-state index contributed by atoms with van der Waals surface area (Å²) >= 11 is 0. The van der Waals surface area contributed by atoms with Gasteiger partial charge >= 0.3 is 0 Å². The molecule has 8 aliphatic carbocycles. The summed E-state index contributed by atoms with van der Waals surface area (Å²) in [4.78, 5) is 31.0. The molecule has 0 atom stereocenters. The fourth-order valence-corrected chi connectivity index (χ4v) is 9.96. The fraction of sp³-hybridized carbons (Fsp3) is 0.808. The summed E-state index contributed by atoms with van der Waals surface area (Å²) in [7, 11) is 1.82. The van der Waals surface area contributed by atoms with Gasteiger partial charge in [-0.2, -0.15) is 0 Å². The molecule has 8 saturated carbocycles. The lowest BCUT2D eigenvalue weighted by atomic mass is 9.53. The van der Waals surface area contributed by atoms with Crippen LogP contribution in [0.25, 0.3) is 0 Å². The number of carbonyl (C=O) groups excluding carboxylic acids is 2. The SMILES string of the molecule is Cn1c(C(=O)NC23CC4CC(CC(C4)C2)C3)cnc1C(=O)NC12CC3CC(CC(C3)C1)C2. The monoisotopic (exact) mass is 436 g/mol. The minimum Gasteiger partial charge on any atom is -0.345 e. The molecule has 1 heterocycles. The molecule has 0 saturated heterocycles. The predicted molar refractivity (Wildman–Crippen MR) is 120 cm³/mol. The Labute approximate surface area is 190 Å². The van der Waals surface area contributed by atoms with E-state index in [4.69, 9.17) is 0 Å². The van der Waals surface area contributed by atoms with Gasteiger partial charge in [0.15, 0.2) is 5.82 Å². The zero-order valence-corrected chi connectivity index (χ0v) is 19.2. The minimum absolute atomic E-state index is 0.0300. The quantitative estimate of drug-likeness (QED) is 0.753. The lowest BCUT2D eigenvalue weighted by Gasteiger charge is -2.56. The number of imidazole rings is 1. The van der Waals surface area contributed by atoms with Gasteiger partial charge < -0.3 is 15.2 Å². The van der Waals surface area contributed by atoms with Gasteiger partial charge in [-0.1, -0.05) is 0 Å². The maximum absolute atomic E-state index is 13.3. The molecule has 0 aliphatic heterocycles. The van der Waals surface area contributed by atoms with Crippen LogP contribution in [0, 0.1) is 35.5 Å². The van der Waals surface area contributed by atoms with Crippen LogP contribution < -0.4 is 10.6 Å². The molecule has 6 heteroatoms. The average Bonchev–Trinajstić information content (AvgIpc) is 3.06. The summed E-state index contributed by atoms with van der Waals surface area (Å²) in [5.41, 5.74) is 0.438. The van der Waals surface area contributed by atoms with E-state index in [1.165, 1.54) is 38.5 Å². The minimum atomic E-state index is -0.108. The lowest BCUT2D eigenvalue weighted by molar-refractivity contribution is -0.0170. The number of hydrogen-bond acceptors (Lipinski definition) is 3. The van der Waals surface area contributed by atoms with Crippen molar-refractivity contribution >= 4 is 11.8 Å². The number of amides is 2. The Bertz CT molecular complexity index is 832. The highest BCUT2D eigenvalue weighted by Gasteiger charge is 2.53. The van der Waals surface area contributed by atoms with E-state index in [0.717, 1.165) is 74.0 Å². The van der Waals surface area contributed by atoms with Gasteiger partial charge in [-0.15, -0.1) is 0 Å². The van der Waals surface area contributed by atoms with Gasteiger partial charge in [0.25, 0.3) is 11.8 Å². The lowest BCUT2D eigenvalue weighted by Crippen LogP contribution is -2.60. The van der Waals surface area contributed by atoms with Crippen molar-refractivity contribution in [1.29, 1.82) is 0 Å². The maximum Gasteiger partial charge on any atom is 0.287 e. The Kier molecular flexibility index (Phi) is 4.04. The van der Waals surface area contributed by atoms with E-state index in [0.29, 0.717) is 11.5 Å². The molecule has 0 unspecified atom stereocenters. The summed E-state index contributed by atoms with van der Waals surface area (Å²) in [5.74, 6) is 4.91. The van der Waals surface area contributed by atoms with Crippen molar-refractivity contribution in [3.8, 4) is 0 Å². The molecular formula is C26H36N4O2. The van der Waals surface area contributed by atoms with E-state index in [-0.39, 0.29) is 22.9 Å². The molecule has 0 radical (unpaired) electrons. The van der Waals surface area contributed by atoms with E-state index in [9.17, 15) is 9.59 Å². The number of carbonyl (C=O) groups is 2. The van der Waals surface area contributed by atoms with E-state index >= 15 is 0 Å². The number of hydrogen-bond donors (Lipinski definition) is 2. The van der Waals surface area contributed by atoms with Gasteiger partial charge in [-0.3, -0.25) is 9.59 Å². The summed E-state index contributed by atoms with van der Waals surface area (Å²) in [6, 6.07) is 0. The molecule has 6 nitrogen and oxygen atoms in total. The summed E-state index contributed by atoms with van der Waals surface area (Å²) in [6.07, 6.45) is 16.5. The van der Waals surface area contributed by atoms with Crippen molar-refractivity contribution < 1.29 is 9.59 Å². The molecule has 172 valence electrons. The third-order valence-corrected chi connectivity index (χ3v) is 10.3. The van der Waals surface area contributed by atoms with Crippen LogP contribution in [0.3, 0.4) is 0 Å². The second-order valence-corrected chi connectivity index (χ2v) is 12.8. The van der Waals surface area contributed by atoms with Gasteiger partial charge in [0.05, 0.1) is 6.20 Å². The maximum atomic E-state index is 13.3. The van der Waals surface area contributed by atoms with Crippen LogP contribution >= 0.6 is 0 Å².